The fourth-order valence-corrected chi connectivity index (χ4v) is 4.71. The molecule has 0 saturated heterocycles. The number of carbonyl (C=O) groups excluding carboxylic acids is 1. The van der Waals surface area contributed by atoms with Crippen LogP contribution < -0.4 is 0 Å². The predicted molar refractivity (Wildman–Crippen MR) is 130 cm³/mol. The third kappa shape index (κ3) is 3.82. The summed E-state index contributed by atoms with van der Waals surface area (Å²) in [7, 11) is 1.55. The van der Waals surface area contributed by atoms with Crippen LogP contribution in [0, 0.1) is 11.8 Å². The monoisotopic (exact) mass is 434 g/mol. The highest BCUT2D eigenvalue weighted by atomic mass is 16.7. The Morgan fingerprint density at radius 3 is 2.18 bits per heavy atom. The lowest BCUT2D eigenvalue weighted by Gasteiger charge is -2.34. The number of hydroxylamine groups is 2. The smallest absolute Gasteiger partial charge is 0.297 e. The first-order chi connectivity index (χ1) is 16.2. The molecule has 164 valence electrons. The Hall–Kier alpha value is -3.81. The van der Waals surface area contributed by atoms with Crippen molar-refractivity contribution in [1.29, 1.82) is 0 Å². The van der Waals surface area contributed by atoms with Crippen molar-refractivity contribution in [2.75, 3.05) is 7.11 Å². The van der Waals surface area contributed by atoms with Crippen LogP contribution in [-0.2, 0) is 23.3 Å². The molecule has 0 fully saturated rings. The number of aromatic nitrogens is 1. The van der Waals surface area contributed by atoms with E-state index in [0.717, 1.165) is 23.7 Å². The van der Waals surface area contributed by atoms with E-state index in [1.807, 2.05) is 66.7 Å². The highest BCUT2D eigenvalue weighted by Crippen LogP contribution is 2.40. The molecule has 4 aromatic rings. The van der Waals surface area contributed by atoms with E-state index in [0.29, 0.717) is 18.5 Å². The molecule has 2 heterocycles. The first-order valence-electron chi connectivity index (χ1n) is 11.3. The van der Waals surface area contributed by atoms with Gasteiger partial charge >= 0.3 is 0 Å². The zero-order valence-electron chi connectivity index (χ0n) is 18.7. The number of nitrogens with zero attached hydrogens (tertiary/aromatic N) is 2. The van der Waals surface area contributed by atoms with Gasteiger partial charge in [0, 0.05) is 18.2 Å². The molecule has 0 bridgehead atoms. The first kappa shape index (κ1) is 21.1. The van der Waals surface area contributed by atoms with E-state index in [1.54, 1.807) is 7.11 Å². The van der Waals surface area contributed by atoms with Crippen molar-refractivity contribution in [2.45, 2.75) is 31.3 Å². The van der Waals surface area contributed by atoms with Gasteiger partial charge in [-0.25, -0.2) is 0 Å². The summed E-state index contributed by atoms with van der Waals surface area (Å²) in [6.07, 6.45) is 2.97. The van der Waals surface area contributed by atoms with Crippen LogP contribution in [-0.4, -0.2) is 22.6 Å². The number of benzene rings is 3. The Bertz CT molecular complexity index is 1330. The molecular formula is C29H26N2O2. The quantitative estimate of drug-likeness (QED) is 0.371. The van der Waals surface area contributed by atoms with Gasteiger partial charge < -0.3 is 0 Å². The molecule has 0 radical (unpaired) electrons. The minimum atomic E-state index is -0.906. The highest BCUT2D eigenvalue weighted by Gasteiger charge is 2.50. The summed E-state index contributed by atoms with van der Waals surface area (Å²) >= 11 is 0. The second-order valence-corrected chi connectivity index (χ2v) is 8.30. The second-order valence-electron chi connectivity index (χ2n) is 8.30. The SMILES string of the molecule is CON1C(=O)c2cc3ccccc3n2C1(C#CCCc1ccccc1)CCc1ccccc1. The van der Waals surface area contributed by atoms with Crippen molar-refractivity contribution >= 4 is 16.8 Å². The molecule has 5 rings (SSSR count). The van der Waals surface area contributed by atoms with E-state index in [4.69, 9.17) is 4.84 Å². The number of carbonyl (C=O) groups is 1. The molecule has 1 atom stereocenters. The van der Waals surface area contributed by atoms with Crippen molar-refractivity contribution in [3.63, 3.8) is 0 Å². The van der Waals surface area contributed by atoms with E-state index in [9.17, 15) is 4.79 Å². The van der Waals surface area contributed by atoms with Crippen LogP contribution in [0.3, 0.4) is 0 Å². The number of aryl methyl sites for hydroxylation is 2. The molecule has 1 aliphatic heterocycles. The standard InChI is InChI=1S/C29H26N2O2/c1-33-31-28(32)27-22-25-17-8-9-18-26(25)30(27)29(31,21-19-24-14-6-3-7-15-24)20-11-10-16-23-12-4-2-5-13-23/h2-9,12-15,17-18,22H,10,16,19,21H2,1H3. The second kappa shape index (κ2) is 8.97. The van der Waals surface area contributed by atoms with Crippen LogP contribution in [0.5, 0.6) is 0 Å². The molecule has 0 N–H and O–H groups in total. The predicted octanol–water partition coefficient (Wildman–Crippen LogP) is 5.58. The van der Waals surface area contributed by atoms with Crippen LogP contribution >= 0.6 is 0 Å². The van der Waals surface area contributed by atoms with E-state index in [-0.39, 0.29) is 5.91 Å². The molecule has 4 nitrogen and oxygen atoms in total. The topological polar surface area (TPSA) is 34.5 Å². The third-order valence-electron chi connectivity index (χ3n) is 6.28. The van der Waals surface area contributed by atoms with Crippen LogP contribution in [0.2, 0.25) is 0 Å². The van der Waals surface area contributed by atoms with Gasteiger partial charge in [-0.15, -0.1) is 0 Å². The maximum atomic E-state index is 13.4. The molecule has 1 amide bonds. The summed E-state index contributed by atoms with van der Waals surface area (Å²) in [5, 5.41) is 2.50. The summed E-state index contributed by atoms with van der Waals surface area (Å²) < 4.78 is 2.08. The summed E-state index contributed by atoms with van der Waals surface area (Å²) in [5.41, 5.74) is 3.16. The molecule has 0 aliphatic carbocycles. The fourth-order valence-electron chi connectivity index (χ4n) is 4.71. The van der Waals surface area contributed by atoms with Gasteiger partial charge in [0.1, 0.15) is 5.69 Å². The van der Waals surface area contributed by atoms with Crippen LogP contribution in [0.15, 0.2) is 91.0 Å². The molecule has 33 heavy (non-hydrogen) atoms. The summed E-state index contributed by atoms with van der Waals surface area (Å²) in [6.45, 7) is 0. The maximum absolute atomic E-state index is 13.4. The minimum absolute atomic E-state index is 0.154. The van der Waals surface area contributed by atoms with Crippen LogP contribution in [0.1, 0.15) is 34.5 Å². The normalized spacial score (nSPS) is 17.1. The summed E-state index contributed by atoms with van der Waals surface area (Å²) in [5.74, 6) is 6.73. The van der Waals surface area contributed by atoms with Gasteiger partial charge in [0.25, 0.3) is 5.91 Å². The molecule has 1 unspecified atom stereocenters. The lowest BCUT2D eigenvalue weighted by molar-refractivity contribution is -0.160. The number of hydrogen-bond acceptors (Lipinski definition) is 2. The number of rotatable bonds is 6. The van der Waals surface area contributed by atoms with E-state index >= 15 is 0 Å². The molecule has 3 aromatic carbocycles. The van der Waals surface area contributed by atoms with Gasteiger partial charge in [0.05, 0.1) is 12.6 Å². The maximum Gasteiger partial charge on any atom is 0.297 e. The van der Waals surface area contributed by atoms with Crippen molar-refractivity contribution in [2.24, 2.45) is 0 Å². The molecule has 1 aliphatic rings. The molecule has 0 spiro atoms. The Morgan fingerprint density at radius 2 is 1.48 bits per heavy atom. The number of amides is 1. The zero-order valence-corrected chi connectivity index (χ0v) is 18.7. The number of hydrogen-bond donors (Lipinski definition) is 0. The number of para-hydroxylation sites is 1. The first-order valence-corrected chi connectivity index (χ1v) is 11.3. The Balaban J connectivity index is 1.57. The number of fused-ring (bicyclic) bond motifs is 3. The Morgan fingerprint density at radius 1 is 0.848 bits per heavy atom. The highest BCUT2D eigenvalue weighted by molar-refractivity contribution is 6.01. The zero-order chi connectivity index (χ0) is 22.7. The molecule has 1 aromatic heterocycles. The van der Waals surface area contributed by atoms with Crippen molar-refractivity contribution in [1.82, 2.24) is 9.63 Å². The lowest BCUT2D eigenvalue weighted by Crippen LogP contribution is -2.46. The van der Waals surface area contributed by atoms with Crippen LogP contribution in [0.4, 0.5) is 0 Å². The molecule has 0 saturated carbocycles. The summed E-state index contributed by atoms with van der Waals surface area (Å²) in [6, 6.07) is 30.7. The van der Waals surface area contributed by atoms with Crippen LogP contribution in [0.25, 0.3) is 10.9 Å². The van der Waals surface area contributed by atoms with Gasteiger partial charge in [-0.05, 0) is 42.0 Å². The third-order valence-corrected chi connectivity index (χ3v) is 6.28. The minimum Gasteiger partial charge on any atom is -0.300 e. The van der Waals surface area contributed by atoms with E-state index in [1.165, 1.54) is 16.2 Å². The average molecular weight is 435 g/mol. The van der Waals surface area contributed by atoms with Crippen molar-refractivity contribution < 1.29 is 9.63 Å². The largest absolute Gasteiger partial charge is 0.300 e. The van der Waals surface area contributed by atoms with E-state index in [2.05, 4.69) is 40.7 Å². The van der Waals surface area contributed by atoms with Crippen molar-refractivity contribution in [3.05, 3.63) is 108 Å². The van der Waals surface area contributed by atoms with Crippen molar-refractivity contribution in [3.8, 4) is 11.8 Å². The Labute approximate surface area is 194 Å². The lowest BCUT2D eigenvalue weighted by atomic mass is 9.99. The van der Waals surface area contributed by atoms with Gasteiger partial charge in [0.15, 0.2) is 0 Å². The van der Waals surface area contributed by atoms with Gasteiger partial charge in [-0.2, -0.15) is 5.06 Å². The fraction of sp³-hybridized carbons (Fsp3) is 0.207. The van der Waals surface area contributed by atoms with Gasteiger partial charge in [0.2, 0.25) is 5.66 Å². The molecular weight excluding hydrogens is 408 g/mol. The summed E-state index contributed by atoms with van der Waals surface area (Å²) in [4.78, 5) is 19.1. The Kier molecular flexibility index (Phi) is 5.73. The van der Waals surface area contributed by atoms with E-state index < -0.39 is 5.66 Å². The van der Waals surface area contributed by atoms with Gasteiger partial charge in [-0.3, -0.25) is 14.2 Å². The van der Waals surface area contributed by atoms with Gasteiger partial charge in [-0.1, -0.05) is 84.8 Å². The average Bonchev–Trinajstić information content (AvgIpc) is 3.36. The molecule has 4 heteroatoms.